The van der Waals surface area contributed by atoms with Crippen LogP contribution in [0.5, 0.6) is 0 Å². The van der Waals surface area contributed by atoms with E-state index in [0.717, 1.165) is 0 Å². The first-order chi connectivity index (χ1) is 7.63. The summed E-state index contributed by atoms with van der Waals surface area (Å²) in [6, 6.07) is 3.75. The fraction of sp³-hybridized carbons (Fsp3) is 0.167. The Hall–Kier alpha value is -2.15. The van der Waals surface area contributed by atoms with Crippen LogP contribution in [-0.2, 0) is 4.79 Å². The molecule has 1 aromatic carbocycles. The van der Waals surface area contributed by atoms with Crippen LogP contribution in [0.4, 0.5) is 4.39 Å². The lowest BCUT2D eigenvalue weighted by atomic mass is 10.1. The van der Waals surface area contributed by atoms with Gasteiger partial charge in [-0.2, -0.15) is 0 Å². The molecule has 0 saturated carbocycles. The summed E-state index contributed by atoms with van der Waals surface area (Å²) in [6.45, 7) is 1.55. The van der Waals surface area contributed by atoms with Crippen molar-refractivity contribution in [3.63, 3.8) is 0 Å². The molecule has 0 bridgehead atoms. The summed E-state index contributed by atoms with van der Waals surface area (Å²) in [6.07, 6.45) is 0.613. The molecule has 0 spiro atoms. The second-order valence-electron chi connectivity index (χ2n) is 3.06. The van der Waals surface area contributed by atoms with Gasteiger partial charge in [-0.1, -0.05) is 11.8 Å². The van der Waals surface area contributed by atoms with Gasteiger partial charge < -0.3 is 5.32 Å². The van der Waals surface area contributed by atoms with Gasteiger partial charge in [-0.25, -0.2) is 4.39 Å². The first kappa shape index (κ1) is 11.9. The molecular formula is C12H10FNO2. The number of aldehydes is 1. The van der Waals surface area contributed by atoms with Gasteiger partial charge in [0.2, 0.25) is 5.91 Å². The molecule has 0 aromatic heterocycles. The lowest BCUT2D eigenvalue weighted by Crippen LogP contribution is -2.19. The molecule has 82 valence electrons. The Bertz CT molecular complexity index is 472. The molecule has 0 unspecified atom stereocenters. The Kier molecular flexibility index (Phi) is 4.22. The summed E-state index contributed by atoms with van der Waals surface area (Å²) >= 11 is 0. The fourth-order valence-corrected chi connectivity index (χ4v) is 1.05. The van der Waals surface area contributed by atoms with Gasteiger partial charge in [0.05, 0.1) is 6.54 Å². The molecule has 0 aliphatic rings. The second kappa shape index (κ2) is 5.66. The highest BCUT2D eigenvalue weighted by atomic mass is 19.1. The van der Waals surface area contributed by atoms with E-state index in [1.165, 1.54) is 25.1 Å². The SMILES string of the molecule is CC(=O)NCC#Cc1cc(F)ccc1C=O. The maximum Gasteiger partial charge on any atom is 0.217 e. The maximum absolute atomic E-state index is 12.9. The monoisotopic (exact) mass is 219 g/mol. The van der Waals surface area contributed by atoms with E-state index in [1.54, 1.807) is 0 Å². The Morgan fingerprint density at radius 2 is 2.31 bits per heavy atom. The van der Waals surface area contributed by atoms with E-state index in [0.29, 0.717) is 17.4 Å². The summed E-state index contributed by atoms with van der Waals surface area (Å²) in [7, 11) is 0. The van der Waals surface area contributed by atoms with Crippen LogP contribution in [0.2, 0.25) is 0 Å². The van der Waals surface area contributed by atoms with E-state index < -0.39 is 5.82 Å². The zero-order chi connectivity index (χ0) is 12.0. The van der Waals surface area contributed by atoms with Gasteiger partial charge in [0.1, 0.15) is 5.82 Å². The van der Waals surface area contributed by atoms with Crippen LogP contribution < -0.4 is 5.32 Å². The standard InChI is InChI=1S/C12H10FNO2/c1-9(16)14-6-2-3-10-7-12(13)5-4-11(10)8-15/h4-5,7-8H,6H2,1H3,(H,14,16). The highest BCUT2D eigenvalue weighted by Crippen LogP contribution is 2.07. The van der Waals surface area contributed by atoms with Gasteiger partial charge in [-0.3, -0.25) is 9.59 Å². The highest BCUT2D eigenvalue weighted by Gasteiger charge is 1.99. The third-order valence-electron chi connectivity index (χ3n) is 1.79. The van der Waals surface area contributed by atoms with Crippen molar-refractivity contribution in [2.45, 2.75) is 6.92 Å². The predicted octanol–water partition coefficient (Wildman–Crippen LogP) is 1.13. The number of hydrogen-bond donors (Lipinski definition) is 1. The molecule has 0 radical (unpaired) electrons. The molecule has 4 heteroatoms. The van der Waals surface area contributed by atoms with Crippen LogP contribution in [0.1, 0.15) is 22.8 Å². The molecular weight excluding hydrogens is 209 g/mol. The summed E-state index contributed by atoms with van der Waals surface area (Å²) in [4.78, 5) is 21.2. The number of carbonyl (C=O) groups excluding carboxylic acids is 2. The van der Waals surface area contributed by atoms with E-state index in [1.807, 2.05) is 0 Å². The summed E-state index contributed by atoms with van der Waals surface area (Å²) in [5, 5.41) is 2.47. The van der Waals surface area contributed by atoms with E-state index in [4.69, 9.17) is 0 Å². The zero-order valence-electron chi connectivity index (χ0n) is 8.71. The number of carbonyl (C=O) groups is 2. The minimum atomic E-state index is -0.450. The van der Waals surface area contributed by atoms with Crippen molar-refractivity contribution in [1.29, 1.82) is 0 Å². The topological polar surface area (TPSA) is 46.2 Å². The predicted molar refractivity (Wildman–Crippen MR) is 57.3 cm³/mol. The molecule has 3 nitrogen and oxygen atoms in total. The van der Waals surface area contributed by atoms with Gasteiger partial charge in [-0.15, -0.1) is 0 Å². The number of rotatable bonds is 2. The molecule has 0 aliphatic carbocycles. The first-order valence-electron chi connectivity index (χ1n) is 4.61. The minimum Gasteiger partial charge on any atom is -0.345 e. The molecule has 0 heterocycles. The van der Waals surface area contributed by atoms with Gasteiger partial charge >= 0.3 is 0 Å². The number of amides is 1. The van der Waals surface area contributed by atoms with E-state index in [2.05, 4.69) is 17.2 Å². The molecule has 1 rings (SSSR count). The molecule has 0 aliphatic heterocycles. The van der Waals surface area contributed by atoms with E-state index >= 15 is 0 Å². The third-order valence-corrected chi connectivity index (χ3v) is 1.79. The number of halogens is 1. The van der Waals surface area contributed by atoms with Gasteiger partial charge in [0.15, 0.2) is 6.29 Å². The van der Waals surface area contributed by atoms with Crippen molar-refractivity contribution < 1.29 is 14.0 Å². The minimum absolute atomic E-state index is 0.171. The average Bonchev–Trinajstić information content (AvgIpc) is 2.24. The van der Waals surface area contributed by atoms with Crippen molar-refractivity contribution in [2.24, 2.45) is 0 Å². The Morgan fingerprint density at radius 3 is 2.94 bits per heavy atom. The lowest BCUT2D eigenvalue weighted by Gasteiger charge is -1.96. The smallest absolute Gasteiger partial charge is 0.217 e. The van der Waals surface area contributed by atoms with Crippen LogP contribution in [0.3, 0.4) is 0 Å². The number of benzene rings is 1. The summed E-state index contributed by atoms with van der Waals surface area (Å²) in [5.74, 6) is 4.61. The van der Waals surface area contributed by atoms with E-state index in [9.17, 15) is 14.0 Å². The largest absolute Gasteiger partial charge is 0.345 e. The molecule has 0 saturated heterocycles. The Morgan fingerprint density at radius 1 is 1.56 bits per heavy atom. The van der Waals surface area contributed by atoms with Gasteiger partial charge in [-0.05, 0) is 18.2 Å². The van der Waals surface area contributed by atoms with Crippen molar-refractivity contribution >= 4 is 12.2 Å². The van der Waals surface area contributed by atoms with Crippen LogP contribution in [0.25, 0.3) is 0 Å². The third kappa shape index (κ3) is 3.54. The molecule has 1 aromatic rings. The van der Waals surface area contributed by atoms with Gasteiger partial charge in [0, 0.05) is 18.1 Å². The van der Waals surface area contributed by atoms with Crippen molar-refractivity contribution in [2.75, 3.05) is 6.54 Å². The zero-order valence-corrected chi connectivity index (χ0v) is 8.71. The molecule has 0 fully saturated rings. The van der Waals surface area contributed by atoms with Crippen LogP contribution >= 0.6 is 0 Å². The van der Waals surface area contributed by atoms with Gasteiger partial charge in [0.25, 0.3) is 0 Å². The second-order valence-corrected chi connectivity index (χ2v) is 3.06. The quantitative estimate of drug-likeness (QED) is 0.598. The first-order valence-corrected chi connectivity index (χ1v) is 4.61. The van der Waals surface area contributed by atoms with Crippen molar-refractivity contribution in [1.82, 2.24) is 5.32 Å². The number of nitrogens with one attached hydrogen (secondary N) is 1. The summed E-state index contributed by atoms with van der Waals surface area (Å²) in [5.41, 5.74) is 0.650. The van der Waals surface area contributed by atoms with Crippen LogP contribution in [-0.4, -0.2) is 18.7 Å². The normalized spacial score (nSPS) is 8.88. The molecule has 16 heavy (non-hydrogen) atoms. The van der Waals surface area contributed by atoms with Crippen LogP contribution in [0.15, 0.2) is 18.2 Å². The van der Waals surface area contributed by atoms with Crippen molar-refractivity contribution in [3.8, 4) is 11.8 Å². The number of hydrogen-bond acceptors (Lipinski definition) is 2. The fourth-order valence-electron chi connectivity index (χ4n) is 1.05. The van der Waals surface area contributed by atoms with Crippen LogP contribution in [0, 0.1) is 17.7 Å². The molecule has 1 N–H and O–H groups in total. The molecule has 1 amide bonds. The Labute approximate surface area is 92.7 Å². The lowest BCUT2D eigenvalue weighted by molar-refractivity contribution is -0.118. The summed E-state index contributed by atoms with van der Waals surface area (Å²) < 4.78 is 12.9. The average molecular weight is 219 g/mol. The maximum atomic E-state index is 12.9. The van der Waals surface area contributed by atoms with Crippen molar-refractivity contribution in [3.05, 3.63) is 35.1 Å². The highest BCUT2D eigenvalue weighted by molar-refractivity contribution is 5.79. The van der Waals surface area contributed by atoms with E-state index in [-0.39, 0.29) is 12.5 Å². The Balaban J connectivity index is 2.82. The molecule has 0 atom stereocenters.